The van der Waals surface area contributed by atoms with E-state index in [9.17, 15) is 4.79 Å². The lowest BCUT2D eigenvalue weighted by molar-refractivity contribution is -0.140. The fourth-order valence-electron chi connectivity index (χ4n) is 2.29. The van der Waals surface area contributed by atoms with Crippen molar-refractivity contribution < 1.29 is 14.2 Å². The molecule has 0 N–H and O–H groups in total. The zero-order valence-electron chi connectivity index (χ0n) is 11.2. The monoisotopic (exact) mass is 250 g/mol. The number of carbonyl (C=O) groups excluding carboxylic acids is 1. The molecule has 98 valence electrons. The molecule has 0 unspecified atom stereocenters. The molecule has 5 nitrogen and oxygen atoms in total. The summed E-state index contributed by atoms with van der Waals surface area (Å²) in [6.07, 6.45) is 2.36. The van der Waals surface area contributed by atoms with Crippen LogP contribution in [-0.2, 0) is 22.5 Å². The summed E-state index contributed by atoms with van der Waals surface area (Å²) in [7, 11) is 0. The second-order valence-electron chi connectivity index (χ2n) is 5.42. The topological polar surface area (TPSA) is 64.7 Å². The predicted octanol–water partition coefficient (Wildman–Crippen LogP) is 2.48. The van der Waals surface area contributed by atoms with E-state index in [1.165, 1.54) is 6.92 Å². The van der Waals surface area contributed by atoms with Crippen molar-refractivity contribution in [2.45, 2.75) is 47.0 Å². The number of aromatic nitrogens is 1. The minimum atomic E-state index is -0.415. The molecule has 0 atom stereocenters. The molecule has 1 aliphatic carbocycles. The van der Waals surface area contributed by atoms with Gasteiger partial charge in [-0.25, -0.2) is 4.79 Å². The molecule has 2 rings (SSSR count). The lowest BCUT2D eigenvalue weighted by Crippen LogP contribution is -2.27. The van der Waals surface area contributed by atoms with Crippen molar-refractivity contribution >= 4 is 11.7 Å². The summed E-state index contributed by atoms with van der Waals surface area (Å²) < 4.78 is 5.38. The van der Waals surface area contributed by atoms with E-state index in [0.717, 1.165) is 42.0 Å². The molecule has 0 aliphatic heterocycles. The van der Waals surface area contributed by atoms with Gasteiger partial charge in [0, 0.05) is 13.3 Å². The summed E-state index contributed by atoms with van der Waals surface area (Å²) in [4.78, 5) is 15.7. The molecule has 0 bridgehead atoms. The summed E-state index contributed by atoms with van der Waals surface area (Å²) in [6.45, 7) is 7.62. The third-order valence-electron chi connectivity index (χ3n) is 3.03. The Morgan fingerprint density at radius 3 is 2.83 bits per heavy atom. The van der Waals surface area contributed by atoms with E-state index in [1.54, 1.807) is 0 Å². The van der Waals surface area contributed by atoms with Gasteiger partial charge in [0.15, 0.2) is 0 Å². The average molecular weight is 250 g/mol. The van der Waals surface area contributed by atoms with E-state index in [0.29, 0.717) is 0 Å². The van der Waals surface area contributed by atoms with Crippen LogP contribution < -0.4 is 0 Å². The van der Waals surface area contributed by atoms with Gasteiger partial charge in [0.2, 0.25) is 0 Å². The van der Waals surface area contributed by atoms with Crippen LogP contribution in [0.25, 0.3) is 0 Å². The highest BCUT2D eigenvalue weighted by molar-refractivity contribution is 6.03. The third kappa shape index (κ3) is 2.44. The highest BCUT2D eigenvalue weighted by Crippen LogP contribution is 2.36. The van der Waals surface area contributed by atoms with Crippen LogP contribution in [0.5, 0.6) is 0 Å². The van der Waals surface area contributed by atoms with Crippen LogP contribution >= 0.6 is 0 Å². The normalized spacial score (nSPS) is 19.7. The summed E-state index contributed by atoms with van der Waals surface area (Å²) in [6, 6.07) is 0. The number of oxime groups is 1. The molecular weight excluding hydrogens is 232 g/mol. The fourth-order valence-corrected chi connectivity index (χ4v) is 2.29. The molecule has 0 spiro atoms. The van der Waals surface area contributed by atoms with Crippen LogP contribution in [0.4, 0.5) is 0 Å². The molecule has 5 heteroatoms. The standard InChI is InChI=1S/C13H18N2O3/c1-5-9-12-10(15-17-8(2)16)6-13(3,4)7-11(12)18-14-9/h5-7H2,1-4H3/b15-10+. The van der Waals surface area contributed by atoms with Crippen molar-refractivity contribution in [3.05, 3.63) is 17.0 Å². The molecule has 1 aromatic rings. The SMILES string of the molecule is CCc1noc2c1/C(=N/OC(C)=O)CC(C)(C)C2. The van der Waals surface area contributed by atoms with Gasteiger partial charge in [-0.15, -0.1) is 0 Å². The van der Waals surface area contributed by atoms with E-state index in [4.69, 9.17) is 9.36 Å². The minimum absolute atomic E-state index is 0.0382. The van der Waals surface area contributed by atoms with Gasteiger partial charge >= 0.3 is 5.97 Å². The molecule has 1 aliphatic rings. The Bertz CT molecular complexity index is 500. The van der Waals surface area contributed by atoms with E-state index >= 15 is 0 Å². The number of hydrogen-bond donors (Lipinski definition) is 0. The maximum absolute atomic E-state index is 10.9. The minimum Gasteiger partial charge on any atom is -0.360 e. The lowest BCUT2D eigenvalue weighted by atomic mass is 9.75. The van der Waals surface area contributed by atoms with Crippen LogP contribution in [-0.4, -0.2) is 16.8 Å². The maximum atomic E-state index is 10.9. The van der Waals surface area contributed by atoms with E-state index in [1.807, 2.05) is 6.92 Å². The zero-order valence-corrected chi connectivity index (χ0v) is 11.2. The van der Waals surface area contributed by atoms with Gasteiger partial charge < -0.3 is 9.36 Å². The molecule has 0 saturated heterocycles. The van der Waals surface area contributed by atoms with Crippen LogP contribution in [0.2, 0.25) is 0 Å². The Kier molecular flexibility index (Phi) is 3.24. The first-order chi connectivity index (χ1) is 8.43. The van der Waals surface area contributed by atoms with Gasteiger partial charge in [-0.05, 0) is 18.3 Å². The first-order valence-electron chi connectivity index (χ1n) is 6.15. The molecular formula is C13H18N2O3. The van der Waals surface area contributed by atoms with Gasteiger partial charge in [-0.2, -0.15) is 0 Å². The second-order valence-corrected chi connectivity index (χ2v) is 5.42. The van der Waals surface area contributed by atoms with Gasteiger partial charge in [0.1, 0.15) is 5.76 Å². The summed E-state index contributed by atoms with van der Waals surface area (Å²) >= 11 is 0. The predicted molar refractivity (Wildman–Crippen MR) is 66.3 cm³/mol. The smallest absolute Gasteiger partial charge is 0.331 e. The van der Waals surface area contributed by atoms with Gasteiger partial charge in [0.25, 0.3) is 0 Å². The second kappa shape index (κ2) is 4.55. The van der Waals surface area contributed by atoms with E-state index in [2.05, 4.69) is 24.2 Å². The molecule has 0 amide bonds. The Balaban J connectivity index is 2.43. The molecule has 18 heavy (non-hydrogen) atoms. The first kappa shape index (κ1) is 12.8. The van der Waals surface area contributed by atoms with Crippen LogP contribution in [0.15, 0.2) is 9.68 Å². The lowest BCUT2D eigenvalue weighted by Gasteiger charge is -2.28. The number of nitrogens with zero attached hydrogens (tertiary/aromatic N) is 2. The molecule has 0 aromatic carbocycles. The molecule has 0 radical (unpaired) electrons. The molecule has 0 fully saturated rings. The highest BCUT2D eigenvalue weighted by atomic mass is 16.7. The molecule has 1 heterocycles. The third-order valence-corrected chi connectivity index (χ3v) is 3.03. The Hall–Kier alpha value is -1.65. The Morgan fingerprint density at radius 2 is 2.22 bits per heavy atom. The number of fused-ring (bicyclic) bond motifs is 1. The summed E-state index contributed by atoms with van der Waals surface area (Å²) in [5, 5.41) is 8.03. The van der Waals surface area contributed by atoms with Crippen LogP contribution in [0.1, 0.15) is 51.1 Å². The quantitative estimate of drug-likeness (QED) is 0.597. The molecule has 0 saturated carbocycles. The molecule has 1 aromatic heterocycles. The van der Waals surface area contributed by atoms with E-state index in [-0.39, 0.29) is 5.41 Å². The number of hydrogen-bond acceptors (Lipinski definition) is 5. The van der Waals surface area contributed by atoms with Crippen LogP contribution in [0, 0.1) is 5.41 Å². The fraction of sp³-hybridized carbons (Fsp3) is 0.615. The largest absolute Gasteiger partial charge is 0.360 e. The number of rotatable bonds is 2. The first-order valence-corrected chi connectivity index (χ1v) is 6.15. The van der Waals surface area contributed by atoms with Gasteiger partial charge in [0.05, 0.1) is 17.0 Å². The van der Waals surface area contributed by atoms with Crippen molar-refractivity contribution in [3.63, 3.8) is 0 Å². The zero-order chi connectivity index (χ0) is 13.3. The summed E-state index contributed by atoms with van der Waals surface area (Å²) in [5.74, 6) is 0.427. The average Bonchev–Trinajstić information content (AvgIpc) is 2.66. The Labute approximate surface area is 106 Å². The van der Waals surface area contributed by atoms with Crippen molar-refractivity contribution in [1.29, 1.82) is 0 Å². The van der Waals surface area contributed by atoms with Gasteiger partial charge in [-0.1, -0.05) is 31.1 Å². The van der Waals surface area contributed by atoms with Crippen molar-refractivity contribution in [2.75, 3.05) is 0 Å². The van der Waals surface area contributed by atoms with Gasteiger partial charge in [-0.3, -0.25) is 0 Å². The number of carbonyl (C=O) groups is 1. The summed E-state index contributed by atoms with van der Waals surface area (Å²) in [5.41, 5.74) is 2.61. The highest BCUT2D eigenvalue weighted by Gasteiger charge is 2.35. The van der Waals surface area contributed by atoms with E-state index < -0.39 is 5.97 Å². The Morgan fingerprint density at radius 1 is 1.50 bits per heavy atom. The van der Waals surface area contributed by atoms with Crippen LogP contribution in [0.3, 0.4) is 0 Å². The maximum Gasteiger partial charge on any atom is 0.331 e. The van der Waals surface area contributed by atoms with Crippen molar-refractivity contribution in [2.24, 2.45) is 10.6 Å². The van der Waals surface area contributed by atoms with Crippen molar-refractivity contribution in [1.82, 2.24) is 5.16 Å². The van der Waals surface area contributed by atoms with Crippen molar-refractivity contribution in [3.8, 4) is 0 Å². The number of aryl methyl sites for hydroxylation is 1.